The van der Waals surface area contributed by atoms with Gasteiger partial charge in [0.2, 0.25) is 0 Å². The fraction of sp³-hybridized carbons (Fsp3) is 0.231. The van der Waals surface area contributed by atoms with E-state index < -0.39 is 9.84 Å². The quantitative estimate of drug-likeness (QED) is 0.662. The normalized spacial score (nSPS) is 11.4. The zero-order valence-corrected chi connectivity index (χ0v) is 13.9. The maximum atomic E-state index is 12.0. The summed E-state index contributed by atoms with van der Waals surface area (Å²) in [7, 11) is -3.25. The smallest absolute Gasteiger partial charge is 0.178 e. The molecule has 1 N–H and O–H groups in total. The van der Waals surface area contributed by atoms with Gasteiger partial charge in [0.05, 0.1) is 16.3 Å². The zero-order chi connectivity index (χ0) is 15.5. The number of benzene rings is 1. The summed E-state index contributed by atoms with van der Waals surface area (Å²) in [5.41, 5.74) is 0.673. The van der Waals surface area contributed by atoms with Gasteiger partial charge in [0.15, 0.2) is 9.84 Å². The molecule has 1 aromatic heterocycles. The first-order chi connectivity index (χ1) is 9.96. The van der Waals surface area contributed by atoms with E-state index in [1.807, 2.05) is 6.26 Å². The number of thioether (sulfide) groups is 1. The van der Waals surface area contributed by atoms with Gasteiger partial charge in [0.1, 0.15) is 17.3 Å². The van der Waals surface area contributed by atoms with Gasteiger partial charge in [0.25, 0.3) is 0 Å². The lowest BCUT2D eigenvalue weighted by Gasteiger charge is -2.12. The molecule has 0 radical (unpaired) electrons. The number of hydrogen-bond acceptors (Lipinski definition) is 6. The third-order valence-corrected chi connectivity index (χ3v) is 5.54. The van der Waals surface area contributed by atoms with Crippen LogP contribution in [0.4, 0.5) is 11.5 Å². The van der Waals surface area contributed by atoms with E-state index in [1.165, 1.54) is 18.1 Å². The second kappa shape index (κ2) is 6.64. The molecule has 0 fully saturated rings. The highest BCUT2D eigenvalue weighted by molar-refractivity contribution is 7.98. The Balaban J connectivity index is 2.43. The van der Waals surface area contributed by atoms with Crippen molar-refractivity contribution in [2.45, 2.75) is 16.7 Å². The van der Waals surface area contributed by atoms with E-state index in [1.54, 1.807) is 31.2 Å². The summed E-state index contributed by atoms with van der Waals surface area (Å²) in [6.45, 7) is 1.62. The molecular formula is C13H14ClN3O2S2. The van der Waals surface area contributed by atoms with Crippen LogP contribution >= 0.6 is 23.4 Å². The van der Waals surface area contributed by atoms with Gasteiger partial charge in [-0.25, -0.2) is 18.4 Å². The summed E-state index contributed by atoms with van der Waals surface area (Å²) in [5, 5.41) is 3.40. The maximum absolute atomic E-state index is 12.0. The predicted molar refractivity (Wildman–Crippen MR) is 86.3 cm³/mol. The van der Waals surface area contributed by atoms with Crippen LogP contribution in [-0.4, -0.2) is 30.4 Å². The van der Waals surface area contributed by atoms with Crippen molar-refractivity contribution >= 4 is 44.7 Å². The Kier molecular flexibility index (Phi) is 5.08. The second-order valence-electron chi connectivity index (χ2n) is 4.12. The predicted octanol–water partition coefficient (Wildman–Crippen LogP) is 3.39. The van der Waals surface area contributed by atoms with Crippen LogP contribution in [0.15, 0.2) is 40.4 Å². The number of nitrogens with one attached hydrogen (secondary N) is 1. The van der Waals surface area contributed by atoms with E-state index in [4.69, 9.17) is 11.6 Å². The molecule has 0 amide bonds. The first-order valence-corrected chi connectivity index (χ1v) is 9.37. The van der Waals surface area contributed by atoms with Crippen molar-refractivity contribution in [1.82, 2.24) is 9.97 Å². The van der Waals surface area contributed by atoms with Gasteiger partial charge in [-0.3, -0.25) is 0 Å². The highest BCUT2D eigenvalue weighted by Crippen LogP contribution is 2.30. The van der Waals surface area contributed by atoms with E-state index in [2.05, 4.69) is 15.3 Å². The number of rotatable bonds is 5. The van der Waals surface area contributed by atoms with E-state index in [-0.39, 0.29) is 10.6 Å². The molecule has 0 aliphatic heterocycles. The van der Waals surface area contributed by atoms with Crippen LogP contribution in [0.3, 0.4) is 0 Å². The average molecular weight is 344 g/mol. The minimum atomic E-state index is -3.25. The Morgan fingerprint density at radius 1 is 1.29 bits per heavy atom. The topological polar surface area (TPSA) is 72.0 Å². The third-order valence-electron chi connectivity index (χ3n) is 2.81. The molecule has 21 heavy (non-hydrogen) atoms. The first kappa shape index (κ1) is 16.1. The summed E-state index contributed by atoms with van der Waals surface area (Å²) in [6.07, 6.45) is 3.26. The number of sulfone groups is 1. The largest absolute Gasteiger partial charge is 0.339 e. The minimum absolute atomic E-state index is 0.0599. The third kappa shape index (κ3) is 3.87. The standard InChI is InChI=1S/C13H14ClN3O2S2/c1-3-21(18,19)9-4-5-11(20-2)10(6-9)17-13-7-12(14)15-8-16-13/h4-8H,3H2,1-2H3,(H,15,16,17). The molecule has 1 aromatic carbocycles. The van der Waals surface area contributed by atoms with Gasteiger partial charge in [-0.2, -0.15) is 0 Å². The lowest BCUT2D eigenvalue weighted by atomic mass is 10.3. The Bertz CT molecular complexity index is 751. The number of hydrogen-bond donors (Lipinski definition) is 1. The average Bonchev–Trinajstić information content (AvgIpc) is 2.47. The Morgan fingerprint density at radius 3 is 2.67 bits per heavy atom. The number of aromatic nitrogens is 2. The maximum Gasteiger partial charge on any atom is 0.178 e. The van der Waals surface area contributed by atoms with Crippen LogP contribution < -0.4 is 5.32 Å². The van der Waals surface area contributed by atoms with E-state index >= 15 is 0 Å². The van der Waals surface area contributed by atoms with Crippen molar-refractivity contribution in [3.05, 3.63) is 35.7 Å². The van der Waals surface area contributed by atoms with Gasteiger partial charge in [-0.1, -0.05) is 18.5 Å². The Hall–Kier alpha value is -1.31. The fourth-order valence-electron chi connectivity index (χ4n) is 1.68. The SMILES string of the molecule is CCS(=O)(=O)c1ccc(SC)c(Nc2cc(Cl)ncn2)c1. The number of anilines is 2. The van der Waals surface area contributed by atoms with E-state index in [0.717, 1.165) is 4.90 Å². The van der Waals surface area contributed by atoms with Crippen molar-refractivity contribution in [2.24, 2.45) is 0 Å². The Morgan fingerprint density at radius 2 is 2.05 bits per heavy atom. The van der Waals surface area contributed by atoms with Crippen LogP contribution in [0.2, 0.25) is 5.15 Å². The van der Waals surface area contributed by atoms with Crippen LogP contribution in [0.1, 0.15) is 6.92 Å². The summed E-state index contributed by atoms with van der Waals surface area (Å²) in [6, 6.07) is 6.58. The molecule has 0 atom stereocenters. The lowest BCUT2D eigenvalue weighted by Crippen LogP contribution is -2.05. The van der Waals surface area contributed by atoms with Gasteiger partial charge in [-0.15, -0.1) is 11.8 Å². The highest BCUT2D eigenvalue weighted by Gasteiger charge is 2.14. The molecule has 112 valence electrons. The summed E-state index contributed by atoms with van der Waals surface area (Å²) in [5.74, 6) is 0.570. The lowest BCUT2D eigenvalue weighted by molar-refractivity contribution is 0.597. The molecule has 0 aliphatic rings. The van der Waals surface area contributed by atoms with Crippen molar-refractivity contribution in [2.75, 3.05) is 17.3 Å². The van der Waals surface area contributed by atoms with Crippen molar-refractivity contribution in [3.63, 3.8) is 0 Å². The monoisotopic (exact) mass is 343 g/mol. The van der Waals surface area contributed by atoms with Crippen molar-refractivity contribution in [3.8, 4) is 0 Å². The summed E-state index contributed by atoms with van der Waals surface area (Å²) in [4.78, 5) is 9.06. The summed E-state index contributed by atoms with van der Waals surface area (Å²) < 4.78 is 24.0. The minimum Gasteiger partial charge on any atom is -0.339 e. The molecule has 8 heteroatoms. The molecule has 5 nitrogen and oxygen atoms in total. The molecular weight excluding hydrogens is 330 g/mol. The van der Waals surface area contributed by atoms with E-state index in [9.17, 15) is 8.42 Å². The van der Waals surface area contributed by atoms with Crippen LogP contribution in [0.25, 0.3) is 0 Å². The van der Waals surface area contributed by atoms with Gasteiger partial charge in [-0.05, 0) is 24.5 Å². The second-order valence-corrected chi connectivity index (χ2v) is 7.63. The zero-order valence-electron chi connectivity index (χ0n) is 11.5. The molecule has 2 aromatic rings. The van der Waals surface area contributed by atoms with Crippen molar-refractivity contribution < 1.29 is 8.42 Å². The number of halogens is 1. The van der Waals surface area contributed by atoms with Crippen molar-refractivity contribution in [1.29, 1.82) is 0 Å². The first-order valence-electron chi connectivity index (χ1n) is 6.11. The molecule has 0 aliphatic carbocycles. The van der Waals surface area contributed by atoms with Crippen LogP contribution in [0.5, 0.6) is 0 Å². The van der Waals surface area contributed by atoms with Crippen LogP contribution in [-0.2, 0) is 9.84 Å². The van der Waals surface area contributed by atoms with Gasteiger partial charge >= 0.3 is 0 Å². The Labute approximate surface area is 133 Å². The van der Waals surface area contributed by atoms with Gasteiger partial charge < -0.3 is 5.32 Å². The molecule has 0 spiro atoms. The molecule has 2 rings (SSSR count). The highest BCUT2D eigenvalue weighted by atomic mass is 35.5. The molecule has 0 saturated heterocycles. The van der Waals surface area contributed by atoms with Crippen LogP contribution in [0, 0.1) is 0 Å². The molecule has 1 heterocycles. The fourth-order valence-corrected chi connectivity index (χ4v) is 3.27. The van der Waals surface area contributed by atoms with Gasteiger partial charge in [0, 0.05) is 11.0 Å². The molecule has 0 saturated carbocycles. The molecule has 0 unspecified atom stereocenters. The van der Waals surface area contributed by atoms with E-state index in [0.29, 0.717) is 16.7 Å². The number of nitrogens with zero attached hydrogens (tertiary/aromatic N) is 2. The summed E-state index contributed by atoms with van der Waals surface area (Å²) >= 11 is 7.33. The molecule has 0 bridgehead atoms.